The topological polar surface area (TPSA) is 85.4 Å². The van der Waals surface area contributed by atoms with Gasteiger partial charge in [0.15, 0.2) is 0 Å². The lowest BCUT2D eigenvalue weighted by atomic mass is 9.88. The number of aromatic nitrogens is 2. The summed E-state index contributed by atoms with van der Waals surface area (Å²) in [5.74, 6) is 1.55. The maximum atomic E-state index is 12.6. The Morgan fingerprint density at radius 2 is 1.62 bits per heavy atom. The molecular weight excluding hydrogens is 368 g/mol. The number of carbonyl (C=O) groups excluding carboxylic acids is 1. The van der Waals surface area contributed by atoms with Crippen molar-refractivity contribution in [2.45, 2.75) is 88.0 Å². The van der Waals surface area contributed by atoms with E-state index in [1.165, 1.54) is 32.1 Å². The molecule has 2 saturated carbocycles. The Bertz CT molecular complexity index is 718. The minimum atomic E-state index is -0.0990. The zero-order chi connectivity index (χ0) is 19.6. The molecule has 2 saturated heterocycles. The number of anilines is 1. The van der Waals surface area contributed by atoms with Gasteiger partial charge in [-0.25, -0.2) is 9.97 Å². The predicted octanol–water partition coefficient (Wildman–Crippen LogP) is 2.78. The summed E-state index contributed by atoms with van der Waals surface area (Å²) in [5.41, 5.74) is 1.14. The first-order chi connectivity index (χ1) is 14.3. The van der Waals surface area contributed by atoms with Gasteiger partial charge in [0, 0.05) is 23.7 Å². The van der Waals surface area contributed by atoms with Gasteiger partial charge in [0.2, 0.25) is 11.9 Å². The maximum absolute atomic E-state index is 12.6. The zero-order valence-electron chi connectivity index (χ0n) is 17.0. The van der Waals surface area contributed by atoms with Crippen LogP contribution in [-0.2, 0) is 14.3 Å². The van der Waals surface area contributed by atoms with E-state index in [-0.39, 0.29) is 36.1 Å². The van der Waals surface area contributed by atoms with Crippen LogP contribution in [0.3, 0.4) is 0 Å². The van der Waals surface area contributed by atoms with Crippen molar-refractivity contribution >= 4 is 11.9 Å². The molecule has 2 aliphatic carbocycles. The van der Waals surface area contributed by atoms with Crippen molar-refractivity contribution in [2.24, 2.45) is 5.92 Å². The smallest absolute Gasteiger partial charge is 0.223 e. The third-order valence-corrected chi connectivity index (χ3v) is 7.12. The fraction of sp³-hybridized carbons (Fsp3) is 0.773. The van der Waals surface area contributed by atoms with Crippen LogP contribution in [0.25, 0.3) is 0 Å². The molecule has 0 bridgehead atoms. The third-order valence-electron chi connectivity index (χ3n) is 7.12. The van der Waals surface area contributed by atoms with Gasteiger partial charge in [-0.2, -0.15) is 0 Å². The van der Waals surface area contributed by atoms with Crippen molar-refractivity contribution in [1.82, 2.24) is 15.3 Å². The van der Waals surface area contributed by atoms with E-state index in [4.69, 9.17) is 14.5 Å². The van der Waals surface area contributed by atoms with E-state index < -0.39 is 0 Å². The zero-order valence-corrected chi connectivity index (χ0v) is 17.0. The van der Waals surface area contributed by atoms with Gasteiger partial charge in [0.05, 0.1) is 25.3 Å². The standard InChI is InChI=1S/C22H32N4O3/c27-21(15-8-2-1-3-9-15)24-17-12-28-20-18(13-29-19(17)20)26-22-23-11-10-16(25-22)14-6-4-5-7-14/h10-11,14-15,17-20H,1-9,12-13H2,(H,24,27)(H,23,25,26)/t17-,18-,19+,20+/m0/s1. The molecule has 7 nitrogen and oxygen atoms in total. The van der Waals surface area contributed by atoms with E-state index >= 15 is 0 Å². The van der Waals surface area contributed by atoms with Gasteiger partial charge in [-0.05, 0) is 31.7 Å². The molecule has 1 aromatic heterocycles. The van der Waals surface area contributed by atoms with Crippen LogP contribution >= 0.6 is 0 Å². The molecule has 0 spiro atoms. The lowest BCUT2D eigenvalue weighted by Gasteiger charge is -2.24. The van der Waals surface area contributed by atoms with Gasteiger partial charge in [0.1, 0.15) is 12.2 Å². The molecule has 0 aromatic carbocycles. The van der Waals surface area contributed by atoms with E-state index in [1.54, 1.807) is 0 Å². The number of nitrogens with one attached hydrogen (secondary N) is 2. The van der Waals surface area contributed by atoms with Crippen LogP contribution in [0.5, 0.6) is 0 Å². The Morgan fingerprint density at radius 1 is 0.931 bits per heavy atom. The Labute approximate surface area is 172 Å². The van der Waals surface area contributed by atoms with Gasteiger partial charge in [0.25, 0.3) is 0 Å². The summed E-state index contributed by atoms with van der Waals surface area (Å²) in [6, 6.07) is 1.99. The molecule has 158 valence electrons. The lowest BCUT2D eigenvalue weighted by Crippen LogP contribution is -2.47. The minimum Gasteiger partial charge on any atom is -0.371 e. The van der Waals surface area contributed by atoms with Crippen LogP contribution in [0, 0.1) is 5.92 Å². The highest BCUT2D eigenvalue weighted by Gasteiger charge is 2.48. The molecule has 2 N–H and O–H groups in total. The number of carbonyl (C=O) groups is 1. The summed E-state index contributed by atoms with van der Waals surface area (Å²) in [7, 11) is 0. The maximum Gasteiger partial charge on any atom is 0.223 e. The summed E-state index contributed by atoms with van der Waals surface area (Å²) < 4.78 is 12.1. The van der Waals surface area contributed by atoms with E-state index in [0.717, 1.165) is 31.4 Å². The molecule has 29 heavy (non-hydrogen) atoms. The minimum absolute atomic E-state index is 0.00964. The first kappa shape index (κ1) is 19.2. The average Bonchev–Trinajstić information content (AvgIpc) is 3.49. The first-order valence-electron chi connectivity index (χ1n) is 11.4. The molecule has 0 radical (unpaired) electrons. The van der Waals surface area contributed by atoms with Crippen molar-refractivity contribution in [1.29, 1.82) is 0 Å². The second kappa shape index (κ2) is 8.56. The van der Waals surface area contributed by atoms with Crippen LogP contribution in [-0.4, -0.2) is 53.4 Å². The number of nitrogens with zero attached hydrogens (tertiary/aromatic N) is 2. The number of fused-ring (bicyclic) bond motifs is 1. The van der Waals surface area contributed by atoms with Crippen molar-refractivity contribution in [3.05, 3.63) is 18.0 Å². The van der Waals surface area contributed by atoms with E-state index in [9.17, 15) is 4.79 Å². The Hall–Kier alpha value is -1.73. The number of hydrogen-bond acceptors (Lipinski definition) is 6. The molecule has 0 unspecified atom stereocenters. The Balaban J connectivity index is 1.18. The largest absolute Gasteiger partial charge is 0.371 e. The summed E-state index contributed by atoms with van der Waals surface area (Å²) >= 11 is 0. The lowest BCUT2D eigenvalue weighted by molar-refractivity contribution is -0.127. The predicted molar refractivity (Wildman–Crippen MR) is 109 cm³/mol. The van der Waals surface area contributed by atoms with E-state index in [0.29, 0.717) is 25.1 Å². The number of rotatable bonds is 5. The van der Waals surface area contributed by atoms with Crippen LogP contribution in [0.1, 0.15) is 69.4 Å². The normalized spacial score (nSPS) is 33.0. The van der Waals surface area contributed by atoms with Crippen molar-refractivity contribution in [3.63, 3.8) is 0 Å². The highest BCUT2D eigenvalue weighted by molar-refractivity contribution is 5.79. The first-order valence-corrected chi connectivity index (χ1v) is 11.4. The summed E-state index contributed by atoms with van der Waals surface area (Å²) in [4.78, 5) is 21.8. The average molecular weight is 401 g/mol. The summed E-state index contributed by atoms with van der Waals surface area (Å²) in [5, 5.41) is 6.63. The molecule has 4 atom stereocenters. The number of ether oxygens (including phenoxy) is 2. The Kier molecular flexibility index (Phi) is 5.68. The SMILES string of the molecule is O=C(N[C@H]1CO[C@H]2[C@@H]1OC[C@@H]2Nc1nccc(C2CCCC2)n1)C1CCCCC1. The molecule has 1 amide bonds. The third kappa shape index (κ3) is 4.12. The molecule has 5 rings (SSSR count). The number of hydrogen-bond donors (Lipinski definition) is 2. The molecule has 4 aliphatic rings. The van der Waals surface area contributed by atoms with Crippen molar-refractivity contribution < 1.29 is 14.3 Å². The quantitative estimate of drug-likeness (QED) is 0.791. The molecule has 2 aliphatic heterocycles. The molecule has 4 fully saturated rings. The number of amides is 1. The molecule has 7 heteroatoms. The highest BCUT2D eigenvalue weighted by atomic mass is 16.6. The van der Waals surface area contributed by atoms with Gasteiger partial charge in [-0.15, -0.1) is 0 Å². The molecule has 3 heterocycles. The van der Waals surface area contributed by atoms with E-state index in [2.05, 4.69) is 15.6 Å². The monoisotopic (exact) mass is 400 g/mol. The van der Waals surface area contributed by atoms with Crippen molar-refractivity contribution in [2.75, 3.05) is 18.5 Å². The second-order valence-corrected chi connectivity index (χ2v) is 9.08. The molecular formula is C22H32N4O3. The van der Waals surface area contributed by atoms with Crippen molar-refractivity contribution in [3.8, 4) is 0 Å². The second-order valence-electron chi connectivity index (χ2n) is 9.08. The highest BCUT2D eigenvalue weighted by Crippen LogP contribution is 2.34. The van der Waals surface area contributed by atoms with Gasteiger partial charge < -0.3 is 20.1 Å². The van der Waals surface area contributed by atoms with Crippen LogP contribution in [0.4, 0.5) is 5.95 Å². The van der Waals surface area contributed by atoms with Crippen LogP contribution in [0.2, 0.25) is 0 Å². The fourth-order valence-electron chi connectivity index (χ4n) is 5.47. The van der Waals surface area contributed by atoms with Gasteiger partial charge in [-0.1, -0.05) is 32.1 Å². The fourth-order valence-corrected chi connectivity index (χ4v) is 5.47. The Morgan fingerprint density at radius 3 is 2.41 bits per heavy atom. The molecule has 1 aromatic rings. The van der Waals surface area contributed by atoms with Crippen LogP contribution in [0.15, 0.2) is 12.3 Å². The van der Waals surface area contributed by atoms with Gasteiger partial charge >= 0.3 is 0 Å². The van der Waals surface area contributed by atoms with Crippen LogP contribution < -0.4 is 10.6 Å². The van der Waals surface area contributed by atoms with Gasteiger partial charge in [-0.3, -0.25) is 4.79 Å². The van der Waals surface area contributed by atoms with E-state index in [1.807, 2.05) is 12.3 Å². The summed E-state index contributed by atoms with van der Waals surface area (Å²) in [6.07, 6.45) is 12.3. The summed E-state index contributed by atoms with van der Waals surface area (Å²) in [6.45, 7) is 1.05.